The number of hydrogen-bond acceptors (Lipinski definition) is 7. The number of rotatable bonds is 8. The number of para-hydroxylation sites is 1. The maximum absolute atomic E-state index is 13.5. The van der Waals surface area contributed by atoms with Crippen LogP contribution in [0.15, 0.2) is 99.3 Å². The van der Waals surface area contributed by atoms with E-state index in [-0.39, 0.29) is 50.2 Å². The first-order chi connectivity index (χ1) is 20.9. The van der Waals surface area contributed by atoms with Crippen molar-refractivity contribution in [2.45, 2.75) is 12.8 Å². The second-order valence-electron chi connectivity index (χ2n) is 9.28. The molecule has 222 valence electrons. The van der Waals surface area contributed by atoms with E-state index >= 15 is 0 Å². The van der Waals surface area contributed by atoms with E-state index in [1.54, 1.807) is 12.1 Å². The number of benzene rings is 4. The van der Waals surface area contributed by atoms with Gasteiger partial charge in [-0.1, -0.05) is 52.3 Å². The number of hydrogen-bond donors (Lipinski definition) is 1. The third kappa shape index (κ3) is 6.34. The molecule has 1 aromatic heterocycles. The Hall–Kier alpha value is -5.37. The van der Waals surface area contributed by atoms with Gasteiger partial charge in [-0.15, -0.1) is 0 Å². The van der Waals surface area contributed by atoms with Gasteiger partial charge in [0, 0.05) is 21.7 Å². The van der Waals surface area contributed by atoms with Crippen molar-refractivity contribution in [2.24, 2.45) is 5.10 Å². The average molecular weight is 667 g/mol. The first kappa shape index (κ1) is 30.1. The molecule has 0 radical (unpaired) electrons. The highest BCUT2D eigenvalue weighted by atomic mass is 79.9. The molecule has 14 heteroatoms. The molecular weight excluding hydrogens is 649 g/mol. The van der Waals surface area contributed by atoms with E-state index in [1.165, 1.54) is 60.7 Å². The van der Waals surface area contributed by atoms with Gasteiger partial charge in [0.1, 0.15) is 6.61 Å². The van der Waals surface area contributed by atoms with Gasteiger partial charge in [0.25, 0.3) is 5.56 Å². The molecule has 44 heavy (non-hydrogen) atoms. The van der Waals surface area contributed by atoms with Gasteiger partial charge in [-0.3, -0.25) is 14.9 Å². The standard InChI is InChI=1S/C30H18BrF3N4O6/c31-22-13-20(26(25(14-22)38(42)43)44-16-17-8-10-18(11-9-17)29(40)41)15-35-37-27(19-4-3-5-21(12-19)30(32,33)34)36-24-7-2-1-6-23(24)28(37)39/h1-15H,16H2,(H,40,41). The molecule has 0 saturated heterocycles. The number of ether oxygens (including phenoxy) is 1. The Morgan fingerprint density at radius 3 is 2.48 bits per heavy atom. The van der Waals surface area contributed by atoms with Crippen LogP contribution in [0.5, 0.6) is 5.75 Å². The van der Waals surface area contributed by atoms with Gasteiger partial charge in [-0.25, -0.2) is 9.78 Å². The number of nitro groups is 1. The number of carboxylic acids is 1. The Morgan fingerprint density at radius 1 is 1.07 bits per heavy atom. The SMILES string of the molecule is O=C(O)c1ccc(COc2c(C=Nn3c(-c4cccc(C(F)(F)F)c4)nc4ccccc4c3=O)cc(Br)cc2[N+](=O)[O-])cc1. The molecular formula is C30H18BrF3N4O6. The fraction of sp³-hybridized carbons (Fsp3) is 0.0667. The zero-order valence-electron chi connectivity index (χ0n) is 22.2. The van der Waals surface area contributed by atoms with Crippen LogP contribution in [0.4, 0.5) is 18.9 Å². The highest BCUT2D eigenvalue weighted by molar-refractivity contribution is 9.10. The Labute approximate surface area is 254 Å². The summed E-state index contributed by atoms with van der Waals surface area (Å²) in [5, 5.41) is 25.4. The minimum Gasteiger partial charge on any atom is -0.481 e. The van der Waals surface area contributed by atoms with Crippen LogP contribution in [-0.4, -0.2) is 31.9 Å². The zero-order valence-corrected chi connectivity index (χ0v) is 23.7. The van der Waals surface area contributed by atoms with Gasteiger partial charge in [0.05, 0.1) is 33.2 Å². The third-order valence-corrected chi connectivity index (χ3v) is 6.82. The molecule has 5 rings (SSSR count). The van der Waals surface area contributed by atoms with Crippen molar-refractivity contribution in [3.05, 3.63) is 132 Å². The molecule has 1 N–H and O–H groups in total. The first-order valence-corrected chi connectivity index (χ1v) is 13.4. The van der Waals surface area contributed by atoms with Crippen molar-refractivity contribution in [1.82, 2.24) is 9.66 Å². The fourth-order valence-electron chi connectivity index (χ4n) is 4.26. The summed E-state index contributed by atoms with van der Waals surface area (Å²) >= 11 is 3.22. The van der Waals surface area contributed by atoms with Crippen LogP contribution in [0.3, 0.4) is 0 Å². The second kappa shape index (κ2) is 12.1. The van der Waals surface area contributed by atoms with E-state index in [0.29, 0.717) is 5.56 Å². The average Bonchev–Trinajstić information content (AvgIpc) is 2.99. The van der Waals surface area contributed by atoms with E-state index in [2.05, 4.69) is 26.0 Å². The number of carboxylic acid groups (broad SMARTS) is 1. The normalized spacial score (nSPS) is 11.6. The van der Waals surface area contributed by atoms with Gasteiger partial charge >= 0.3 is 17.8 Å². The van der Waals surface area contributed by atoms with Gasteiger partial charge in [0.2, 0.25) is 5.75 Å². The molecule has 0 aliphatic rings. The second-order valence-corrected chi connectivity index (χ2v) is 10.2. The molecule has 10 nitrogen and oxygen atoms in total. The molecule has 0 amide bonds. The van der Waals surface area contributed by atoms with Crippen molar-refractivity contribution >= 4 is 44.7 Å². The summed E-state index contributed by atoms with van der Waals surface area (Å²) in [5.74, 6) is -1.53. The van der Waals surface area contributed by atoms with Crippen LogP contribution in [0, 0.1) is 10.1 Å². The fourth-order valence-corrected chi connectivity index (χ4v) is 4.72. The maximum Gasteiger partial charge on any atom is 0.416 e. The van der Waals surface area contributed by atoms with Crippen molar-refractivity contribution in [3.63, 3.8) is 0 Å². The van der Waals surface area contributed by atoms with Crippen molar-refractivity contribution < 1.29 is 32.7 Å². The van der Waals surface area contributed by atoms with Gasteiger partial charge in [-0.2, -0.15) is 22.9 Å². The van der Waals surface area contributed by atoms with E-state index in [1.807, 2.05) is 0 Å². The highest BCUT2D eigenvalue weighted by Crippen LogP contribution is 2.35. The quantitative estimate of drug-likeness (QED) is 0.108. The minimum atomic E-state index is -4.66. The van der Waals surface area contributed by atoms with E-state index in [4.69, 9.17) is 9.84 Å². The molecule has 0 fully saturated rings. The van der Waals surface area contributed by atoms with Gasteiger partial charge < -0.3 is 9.84 Å². The third-order valence-electron chi connectivity index (χ3n) is 6.36. The van der Waals surface area contributed by atoms with Gasteiger partial charge in [0.15, 0.2) is 5.82 Å². The van der Waals surface area contributed by atoms with Crippen molar-refractivity contribution in [3.8, 4) is 17.1 Å². The topological polar surface area (TPSA) is 137 Å². The van der Waals surface area contributed by atoms with E-state index in [9.17, 15) is 32.9 Å². The molecule has 0 bridgehead atoms. The van der Waals surface area contributed by atoms with Crippen LogP contribution in [0.2, 0.25) is 0 Å². The number of aromatic nitrogens is 2. The predicted octanol–water partition coefficient (Wildman–Crippen LogP) is 6.91. The Bertz CT molecular complexity index is 2010. The number of fused-ring (bicyclic) bond motifs is 1. The minimum absolute atomic E-state index is 0.0404. The summed E-state index contributed by atoms with van der Waals surface area (Å²) in [6, 6.07) is 18.8. The molecule has 0 aliphatic carbocycles. The lowest BCUT2D eigenvalue weighted by atomic mass is 10.1. The summed E-state index contributed by atoms with van der Waals surface area (Å²) in [4.78, 5) is 40.3. The Kier molecular flexibility index (Phi) is 8.27. The largest absolute Gasteiger partial charge is 0.481 e. The molecule has 0 spiro atoms. The smallest absolute Gasteiger partial charge is 0.416 e. The van der Waals surface area contributed by atoms with Gasteiger partial charge in [-0.05, 0) is 48.0 Å². The molecule has 5 aromatic rings. The number of carbonyl (C=O) groups is 1. The number of nitrogens with zero attached hydrogens (tertiary/aromatic N) is 4. The molecule has 0 atom stereocenters. The zero-order chi connectivity index (χ0) is 31.6. The van der Waals surface area contributed by atoms with Crippen LogP contribution in [0.25, 0.3) is 22.3 Å². The molecule has 0 saturated carbocycles. The number of alkyl halides is 3. The summed E-state index contributed by atoms with van der Waals surface area (Å²) in [6.07, 6.45) is -3.55. The molecule has 1 heterocycles. The molecule has 4 aromatic carbocycles. The molecule has 0 unspecified atom stereocenters. The lowest BCUT2D eigenvalue weighted by Gasteiger charge is -2.13. The monoisotopic (exact) mass is 666 g/mol. The Morgan fingerprint density at radius 2 is 1.80 bits per heavy atom. The lowest BCUT2D eigenvalue weighted by molar-refractivity contribution is -0.386. The van der Waals surface area contributed by atoms with Crippen LogP contribution in [-0.2, 0) is 12.8 Å². The van der Waals surface area contributed by atoms with Crippen LogP contribution >= 0.6 is 15.9 Å². The summed E-state index contributed by atoms with van der Waals surface area (Å²) in [6.45, 7) is -0.184. The predicted molar refractivity (Wildman–Crippen MR) is 158 cm³/mol. The number of nitro benzene ring substituents is 1. The van der Waals surface area contributed by atoms with Crippen molar-refractivity contribution in [1.29, 1.82) is 0 Å². The van der Waals surface area contributed by atoms with Crippen molar-refractivity contribution in [2.75, 3.05) is 0 Å². The molecule has 0 aliphatic heterocycles. The van der Waals surface area contributed by atoms with E-state index < -0.39 is 33.9 Å². The summed E-state index contributed by atoms with van der Waals surface area (Å²) in [7, 11) is 0. The van der Waals surface area contributed by atoms with Crippen LogP contribution < -0.4 is 10.3 Å². The Balaban J connectivity index is 1.63. The van der Waals surface area contributed by atoms with Crippen LogP contribution in [0.1, 0.15) is 27.0 Å². The number of halogens is 4. The highest BCUT2D eigenvalue weighted by Gasteiger charge is 2.31. The summed E-state index contributed by atoms with van der Waals surface area (Å²) in [5.41, 5.74) is -1.28. The first-order valence-electron chi connectivity index (χ1n) is 12.6. The maximum atomic E-state index is 13.5. The van der Waals surface area contributed by atoms with E-state index in [0.717, 1.165) is 23.0 Å². The number of aromatic carboxylic acids is 1. The summed E-state index contributed by atoms with van der Waals surface area (Å²) < 4.78 is 47.4. The lowest BCUT2D eigenvalue weighted by Crippen LogP contribution is -2.20.